The molecule has 0 amide bonds. The number of hydrogen-bond acceptors (Lipinski definition) is 3. The lowest BCUT2D eigenvalue weighted by Crippen LogP contribution is -2.54. The zero-order chi connectivity index (χ0) is 19.6. The first-order valence-corrected chi connectivity index (χ1v) is 11.5. The molecule has 2 aliphatic rings. The Kier molecular flexibility index (Phi) is 9.82. The normalized spacial score (nSPS) is 22.1. The fourth-order valence-electron chi connectivity index (χ4n) is 4.27. The molecule has 2 heterocycles. The highest BCUT2D eigenvalue weighted by Gasteiger charge is 2.47. The Morgan fingerprint density at radius 2 is 1.52 bits per heavy atom. The van der Waals surface area contributed by atoms with Gasteiger partial charge in [0.15, 0.2) is 0 Å². The molecule has 2 fully saturated rings. The maximum Gasteiger partial charge on any atom is 0.0882 e. The van der Waals surface area contributed by atoms with Crippen molar-refractivity contribution in [1.29, 1.82) is 0 Å². The van der Waals surface area contributed by atoms with Gasteiger partial charge in [0.2, 0.25) is 0 Å². The number of rotatable bonds is 15. The summed E-state index contributed by atoms with van der Waals surface area (Å²) in [7, 11) is 0. The average molecular weight is 381 g/mol. The van der Waals surface area contributed by atoms with Crippen molar-refractivity contribution in [3.63, 3.8) is 0 Å². The van der Waals surface area contributed by atoms with E-state index in [1.54, 1.807) is 0 Å². The van der Waals surface area contributed by atoms with Gasteiger partial charge in [-0.1, -0.05) is 65.4 Å². The minimum absolute atomic E-state index is 0.181. The lowest BCUT2D eigenvalue weighted by atomic mass is 9.74. The first-order valence-electron chi connectivity index (χ1n) is 11.5. The van der Waals surface area contributed by atoms with Crippen molar-refractivity contribution >= 4 is 0 Å². The van der Waals surface area contributed by atoms with E-state index in [1.165, 1.54) is 56.9 Å². The predicted octanol–water partition coefficient (Wildman–Crippen LogP) is 6.31. The molecule has 1 unspecified atom stereocenters. The van der Waals surface area contributed by atoms with Gasteiger partial charge in [-0.2, -0.15) is 0 Å². The van der Waals surface area contributed by atoms with Crippen molar-refractivity contribution in [2.24, 2.45) is 10.8 Å². The van der Waals surface area contributed by atoms with E-state index < -0.39 is 0 Å². The van der Waals surface area contributed by atoms with Crippen LogP contribution in [0.3, 0.4) is 0 Å². The van der Waals surface area contributed by atoms with Crippen LogP contribution in [0.25, 0.3) is 0 Å². The van der Waals surface area contributed by atoms with Crippen LogP contribution < -0.4 is 0 Å². The number of ether oxygens (including phenoxy) is 3. The van der Waals surface area contributed by atoms with E-state index in [0.717, 1.165) is 45.9 Å². The summed E-state index contributed by atoms with van der Waals surface area (Å²) in [5.74, 6) is 0. The second-order valence-electron chi connectivity index (χ2n) is 9.10. The maximum absolute atomic E-state index is 6.59. The van der Waals surface area contributed by atoms with Crippen molar-refractivity contribution in [2.45, 2.75) is 98.0 Å². The van der Waals surface area contributed by atoms with Crippen LogP contribution in [0.1, 0.15) is 91.9 Å². The fourth-order valence-corrected chi connectivity index (χ4v) is 4.27. The molecule has 0 aromatic rings. The molecular weight excluding hydrogens is 336 g/mol. The van der Waals surface area contributed by atoms with Gasteiger partial charge in [0.25, 0.3) is 0 Å². The Morgan fingerprint density at radius 3 is 2.00 bits per heavy atom. The standard InChI is InChI=1S/C24H44O3/c1-5-8-9-10-11-12-13-14-15-21(4)22(24(7-3)19-26-20-24)27-18-23(6-2)16-25-17-23/h15,22H,5-14,16-20H2,1-4H3/b21-15+. The molecule has 0 saturated carbocycles. The van der Waals surface area contributed by atoms with Gasteiger partial charge in [-0.15, -0.1) is 0 Å². The van der Waals surface area contributed by atoms with Crippen molar-refractivity contribution in [1.82, 2.24) is 0 Å². The molecule has 2 rings (SSSR count). The van der Waals surface area contributed by atoms with E-state index in [0.29, 0.717) is 0 Å². The van der Waals surface area contributed by atoms with Gasteiger partial charge in [0, 0.05) is 10.8 Å². The summed E-state index contributed by atoms with van der Waals surface area (Å²) in [5, 5.41) is 0. The Hall–Kier alpha value is -0.380. The van der Waals surface area contributed by atoms with Crippen LogP contribution in [-0.2, 0) is 14.2 Å². The van der Waals surface area contributed by atoms with E-state index in [9.17, 15) is 0 Å². The largest absolute Gasteiger partial charge is 0.380 e. The summed E-state index contributed by atoms with van der Waals surface area (Å²) in [6.45, 7) is 13.3. The average Bonchev–Trinajstić information content (AvgIpc) is 2.61. The van der Waals surface area contributed by atoms with E-state index in [-0.39, 0.29) is 16.9 Å². The molecule has 0 aromatic carbocycles. The van der Waals surface area contributed by atoms with Crippen LogP contribution in [-0.4, -0.2) is 39.1 Å². The Balaban J connectivity index is 1.82. The van der Waals surface area contributed by atoms with E-state index >= 15 is 0 Å². The minimum Gasteiger partial charge on any atom is -0.380 e. The highest BCUT2D eigenvalue weighted by Crippen LogP contribution is 2.42. The Morgan fingerprint density at radius 1 is 0.889 bits per heavy atom. The van der Waals surface area contributed by atoms with Gasteiger partial charge >= 0.3 is 0 Å². The molecule has 1 atom stereocenters. The zero-order valence-corrected chi connectivity index (χ0v) is 18.5. The molecule has 3 nitrogen and oxygen atoms in total. The topological polar surface area (TPSA) is 27.7 Å². The monoisotopic (exact) mass is 380 g/mol. The first kappa shape index (κ1) is 22.9. The molecule has 0 aliphatic carbocycles. The smallest absolute Gasteiger partial charge is 0.0882 e. The van der Waals surface area contributed by atoms with Crippen LogP contribution in [0.2, 0.25) is 0 Å². The van der Waals surface area contributed by atoms with Crippen LogP contribution in [0.4, 0.5) is 0 Å². The molecule has 0 N–H and O–H groups in total. The molecule has 27 heavy (non-hydrogen) atoms. The lowest BCUT2D eigenvalue weighted by molar-refractivity contribution is -0.210. The second kappa shape index (κ2) is 11.6. The van der Waals surface area contributed by atoms with Gasteiger partial charge in [-0.25, -0.2) is 0 Å². The van der Waals surface area contributed by atoms with E-state index in [2.05, 4.69) is 33.8 Å². The summed E-state index contributed by atoms with van der Waals surface area (Å²) >= 11 is 0. The van der Waals surface area contributed by atoms with Gasteiger partial charge in [-0.05, 0) is 38.2 Å². The Bertz CT molecular complexity index is 424. The number of unbranched alkanes of at least 4 members (excludes halogenated alkanes) is 7. The summed E-state index contributed by atoms with van der Waals surface area (Å²) in [6.07, 6.45) is 15.7. The second-order valence-corrected chi connectivity index (χ2v) is 9.10. The zero-order valence-electron chi connectivity index (χ0n) is 18.5. The van der Waals surface area contributed by atoms with Crippen molar-refractivity contribution in [3.8, 4) is 0 Å². The van der Waals surface area contributed by atoms with Gasteiger partial charge in [0.1, 0.15) is 0 Å². The third-order valence-electron chi connectivity index (χ3n) is 6.85. The summed E-state index contributed by atoms with van der Waals surface area (Å²) in [5.41, 5.74) is 1.84. The van der Waals surface area contributed by atoms with E-state index in [1.807, 2.05) is 0 Å². The van der Waals surface area contributed by atoms with Crippen molar-refractivity contribution < 1.29 is 14.2 Å². The molecule has 3 heteroatoms. The molecule has 0 spiro atoms. The van der Waals surface area contributed by atoms with Gasteiger partial charge in [-0.3, -0.25) is 0 Å². The highest BCUT2D eigenvalue weighted by molar-refractivity contribution is 5.13. The lowest BCUT2D eigenvalue weighted by Gasteiger charge is -2.49. The molecular formula is C24H44O3. The third kappa shape index (κ3) is 6.30. The molecule has 0 bridgehead atoms. The van der Waals surface area contributed by atoms with Crippen molar-refractivity contribution in [3.05, 3.63) is 11.6 Å². The van der Waals surface area contributed by atoms with Crippen LogP contribution in [0, 0.1) is 10.8 Å². The minimum atomic E-state index is 0.181. The molecule has 2 aliphatic heterocycles. The number of hydrogen-bond donors (Lipinski definition) is 0. The summed E-state index contributed by atoms with van der Waals surface area (Å²) in [6, 6.07) is 0. The highest BCUT2D eigenvalue weighted by atomic mass is 16.5. The summed E-state index contributed by atoms with van der Waals surface area (Å²) < 4.78 is 17.7. The van der Waals surface area contributed by atoms with Crippen LogP contribution in [0.15, 0.2) is 11.6 Å². The maximum atomic E-state index is 6.59. The van der Waals surface area contributed by atoms with Crippen LogP contribution >= 0.6 is 0 Å². The van der Waals surface area contributed by atoms with E-state index in [4.69, 9.17) is 14.2 Å². The first-order chi connectivity index (χ1) is 13.1. The number of allylic oxidation sites excluding steroid dienone is 1. The molecule has 158 valence electrons. The quantitative estimate of drug-likeness (QED) is 0.246. The summed E-state index contributed by atoms with van der Waals surface area (Å²) in [4.78, 5) is 0. The predicted molar refractivity (Wildman–Crippen MR) is 113 cm³/mol. The molecule has 0 radical (unpaired) electrons. The van der Waals surface area contributed by atoms with Crippen LogP contribution in [0.5, 0.6) is 0 Å². The Labute approximate surface area is 168 Å². The fraction of sp³-hybridized carbons (Fsp3) is 0.917. The van der Waals surface area contributed by atoms with Gasteiger partial charge in [0.05, 0.1) is 39.1 Å². The third-order valence-corrected chi connectivity index (χ3v) is 6.85. The molecule has 2 saturated heterocycles. The van der Waals surface area contributed by atoms with Crippen molar-refractivity contribution in [2.75, 3.05) is 33.0 Å². The molecule has 0 aromatic heterocycles. The SMILES string of the molecule is CCCCCCCCC/C=C(\C)C(OCC1(CC)COC1)C1(CC)COC1. The van der Waals surface area contributed by atoms with Gasteiger partial charge < -0.3 is 14.2 Å².